The van der Waals surface area contributed by atoms with Crippen LogP contribution in [0.5, 0.6) is 11.8 Å². The molecule has 1 aromatic heterocycles. The molecule has 1 aromatic rings. The number of esters is 1. The first-order valence-corrected chi connectivity index (χ1v) is 4.88. The molecule has 0 fully saturated rings. The van der Waals surface area contributed by atoms with Crippen molar-refractivity contribution in [3.05, 3.63) is 17.7 Å². The third-order valence-electron chi connectivity index (χ3n) is 1.77. The summed E-state index contributed by atoms with van der Waals surface area (Å²) in [7, 11) is 2.79. The summed E-state index contributed by atoms with van der Waals surface area (Å²) in [4.78, 5) is 15.4. The number of nitrogens with zero attached hydrogens (tertiary/aromatic N) is 1. The zero-order chi connectivity index (χ0) is 12.1. The summed E-state index contributed by atoms with van der Waals surface area (Å²) in [5.41, 5.74) is 0.352. The molecule has 0 atom stereocenters. The van der Waals surface area contributed by atoms with Gasteiger partial charge in [0.1, 0.15) is 0 Å². The molecule has 0 spiro atoms. The van der Waals surface area contributed by atoms with Gasteiger partial charge < -0.3 is 14.2 Å². The monoisotopic (exact) mass is 225 g/mol. The summed E-state index contributed by atoms with van der Waals surface area (Å²) >= 11 is 0. The standard InChI is InChI=1S/C11H15NO4/c1-7(2)16-10-6-8(11(13)15-4)5-9(12-10)14-3/h5-7H,1-4H3. The molecule has 0 aliphatic carbocycles. The lowest BCUT2D eigenvalue weighted by Gasteiger charge is -2.10. The van der Waals surface area contributed by atoms with Crippen molar-refractivity contribution in [2.24, 2.45) is 0 Å². The molecule has 0 N–H and O–H groups in total. The third kappa shape index (κ3) is 3.12. The second-order valence-electron chi connectivity index (χ2n) is 3.39. The van der Waals surface area contributed by atoms with Crippen LogP contribution < -0.4 is 9.47 Å². The highest BCUT2D eigenvalue weighted by molar-refractivity contribution is 5.89. The Balaban J connectivity index is 3.05. The van der Waals surface area contributed by atoms with Gasteiger partial charge in [-0.1, -0.05) is 0 Å². The highest BCUT2D eigenvalue weighted by atomic mass is 16.5. The van der Waals surface area contributed by atoms with Gasteiger partial charge >= 0.3 is 5.97 Å². The van der Waals surface area contributed by atoms with Gasteiger partial charge in [-0.3, -0.25) is 0 Å². The van der Waals surface area contributed by atoms with Crippen molar-refractivity contribution in [1.82, 2.24) is 4.98 Å². The van der Waals surface area contributed by atoms with E-state index in [1.54, 1.807) is 0 Å². The summed E-state index contributed by atoms with van der Waals surface area (Å²) in [5, 5.41) is 0. The highest BCUT2D eigenvalue weighted by Gasteiger charge is 2.11. The number of methoxy groups -OCH3 is 2. The lowest BCUT2D eigenvalue weighted by Crippen LogP contribution is -2.09. The highest BCUT2D eigenvalue weighted by Crippen LogP contribution is 2.19. The van der Waals surface area contributed by atoms with E-state index >= 15 is 0 Å². The van der Waals surface area contributed by atoms with Crippen LogP contribution in [0, 0.1) is 0 Å². The maximum atomic E-state index is 11.4. The van der Waals surface area contributed by atoms with Crippen LogP contribution >= 0.6 is 0 Å². The van der Waals surface area contributed by atoms with Gasteiger partial charge in [-0.05, 0) is 13.8 Å². The van der Waals surface area contributed by atoms with E-state index in [-0.39, 0.29) is 6.10 Å². The topological polar surface area (TPSA) is 57.7 Å². The number of pyridine rings is 1. The normalized spacial score (nSPS) is 10.1. The van der Waals surface area contributed by atoms with E-state index in [1.165, 1.54) is 26.4 Å². The van der Waals surface area contributed by atoms with E-state index in [4.69, 9.17) is 9.47 Å². The molecule has 16 heavy (non-hydrogen) atoms. The first-order chi connectivity index (χ1) is 7.56. The SMILES string of the molecule is COC(=O)c1cc(OC)nc(OC(C)C)c1. The first-order valence-electron chi connectivity index (χ1n) is 4.88. The first kappa shape index (κ1) is 12.3. The number of carbonyl (C=O) groups excluding carboxylic acids is 1. The van der Waals surface area contributed by atoms with Gasteiger partial charge in [0.25, 0.3) is 0 Å². The van der Waals surface area contributed by atoms with E-state index in [1.807, 2.05) is 13.8 Å². The Kier molecular flexibility index (Phi) is 4.10. The fraction of sp³-hybridized carbons (Fsp3) is 0.455. The summed E-state index contributed by atoms with van der Waals surface area (Å²) in [6, 6.07) is 3.02. The number of hydrogen-bond acceptors (Lipinski definition) is 5. The fourth-order valence-electron chi connectivity index (χ4n) is 1.12. The smallest absolute Gasteiger partial charge is 0.338 e. The number of carbonyl (C=O) groups is 1. The van der Waals surface area contributed by atoms with Crippen molar-refractivity contribution in [3.8, 4) is 11.8 Å². The van der Waals surface area contributed by atoms with Crippen LogP contribution in [-0.2, 0) is 4.74 Å². The van der Waals surface area contributed by atoms with Crippen molar-refractivity contribution < 1.29 is 19.0 Å². The molecule has 1 heterocycles. The lowest BCUT2D eigenvalue weighted by atomic mass is 10.2. The summed E-state index contributed by atoms with van der Waals surface area (Å²) in [5.74, 6) is 0.211. The molecular weight excluding hydrogens is 210 g/mol. The molecular formula is C11H15NO4. The zero-order valence-electron chi connectivity index (χ0n) is 9.81. The minimum Gasteiger partial charge on any atom is -0.481 e. The maximum Gasteiger partial charge on any atom is 0.338 e. The van der Waals surface area contributed by atoms with Gasteiger partial charge in [-0.2, -0.15) is 4.98 Å². The second kappa shape index (κ2) is 5.34. The van der Waals surface area contributed by atoms with Crippen molar-refractivity contribution in [3.63, 3.8) is 0 Å². The molecule has 0 unspecified atom stereocenters. The molecule has 0 saturated carbocycles. The third-order valence-corrected chi connectivity index (χ3v) is 1.77. The molecule has 5 nitrogen and oxygen atoms in total. The number of ether oxygens (including phenoxy) is 3. The molecule has 0 aliphatic heterocycles. The van der Waals surface area contributed by atoms with E-state index in [0.29, 0.717) is 17.3 Å². The zero-order valence-corrected chi connectivity index (χ0v) is 9.81. The molecule has 5 heteroatoms. The largest absolute Gasteiger partial charge is 0.481 e. The Labute approximate surface area is 94.3 Å². The second-order valence-corrected chi connectivity index (χ2v) is 3.39. The lowest BCUT2D eigenvalue weighted by molar-refractivity contribution is 0.0599. The van der Waals surface area contributed by atoms with Gasteiger partial charge in [0.2, 0.25) is 11.8 Å². The van der Waals surface area contributed by atoms with Crippen molar-refractivity contribution in [2.45, 2.75) is 20.0 Å². The van der Waals surface area contributed by atoms with Crippen LogP contribution in [0.2, 0.25) is 0 Å². The average molecular weight is 225 g/mol. The Morgan fingerprint density at radius 3 is 2.38 bits per heavy atom. The average Bonchev–Trinajstić information content (AvgIpc) is 2.26. The van der Waals surface area contributed by atoms with Gasteiger partial charge in [-0.25, -0.2) is 4.79 Å². The Hall–Kier alpha value is -1.78. The Bertz CT molecular complexity index is 376. The number of aromatic nitrogens is 1. The van der Waals surface area contributed by atoms with Crippen LogP contribution in [-0.4, -0.2) is 31.3 Å². The molecule has 0 aromatic carbocycles. The molecule has 0 saturated heterocycles. The van der Waals surface area contributed by atoms with Crippen molar-refractivity contribution in [2.75, 3.05) is 14.2 Å². The number of hydrogen-bond donors (Lipinski definition) is 0. The Morgan fingerprint density at radius 1 is 1.25 bits per heavy atom. The summed E-state index contributed by atoms with van der Waals surface area (Å²) in [6.07, 6.45) is -0.0231. The Morgan fingerprint density at radius 2 is 1.88 bits per heavy atom. The molecule has 0 aliphatic rings. The van der Waals surface area contributed by atoms with E-state index in [2.05, 4.69) is 9.72 Å². The van der Waals surface area contributed by atoms with Crippen LogP contribution in [0.15, 0.2) is 12.1 Å². The predicted molar refractivity (Wildman–Crippen MR) is 57.9 cm³/mol. The van der Waals surface area contributed by atoms with Crippen LogP contribution in [0.4, 0.5) is 0 Å². The van der Waals surface area contributed by atoms with Crippen LogP contribution in [0.25, 0.3) is 0 Å². The summed E-state index contributed by atoms with van der Waals surface area (Å²) < 4.78 is 15.0. The fourth-order valence-corrected chi connectivity index (χ4v) is 1.12. The molecule has 1 rings (SSSR count). The summed E-state index contributed by atoms with van der Waals surface area (Å²) in [6.45, 7) is 3.75. The minimum absolute atomic E-state index is 0.0231. The predicted octanol–water partition coefficient (Wildman–Crippen LogP) is 1.66. The molecule has 88 valence electrons. The van der Waals surface area contributed by atoms with Crippen LogP contribution in [0.1, 0.15) is 24.2 Å². The molecule has 0 radical (unpaired) electrons. The van der Waals surface area contributed by atoms with Crippen LogP contribution in [0.3, 0.4) is 0 Å². The minimum atomic E-state index is -0.450. The van der Waals surface area contributed by atoms with Gasteiger partial charge in [-0.15, -0.1) is 0 Å². The van der Waals surface area contributed by atoms with Crippen molar-refractivity contribution >= 4 is 5.97 Å². The van der Waals surface area contributed by atoms with Gasteiger partial charge in [0.15, 0.2) is 0 Å². The van der Waals surface area contributed by atoms with E-state index in [9.17, 15) is 4.79 Å². The van der Waals surface area contributed by atoms with E-state index < -0.39 is 5.97 Å². The van der Waals surface area contributed by atoms with Gasteiger partial charge in [0.05, 0.1) is 25.9 Å². The van der Waals surface area contributed by atoms with Gasteiger partial charge in [0, 0.05) is 12.1 Å². The van der Waals surface area contributed by atoms with E-state index in [0.717, 1.165) is 0 Å². The van der Waals surface area contributed by atoms with Crippen molar-refractivity contribution in [1.29, 1.82) is 0 Å². The number of rotatable bonds is 4. The molecule has 0 bridgehead atoms. The molecule has 0 amide bonds. The maximum absolute atomic E-state index is 11.4. The quantitative estimate of drug-likeness (QED) is 0.729.